The van der Waals surface area contributed by atoms with Crippen molar-refractivity contribution < 1.29 is 60.3 Å². The van der Waals surface area contributed by atoms with Gasteiger partial charge in [-0.2, -0.15) is 0 Å². The van der Waals surface area contributed by atoms with Gasteiger partial charge in [0.1, 0.15) is 0 Å². The molecule has 0 saturated heterocycles. The molecule has 12 nitrogen and oxygen atoms in total. The van der Waals surface area contributed by atoms with Crippen molar-refractivity contribution in [3.63, 3.8) is 0 Å². The van der Waals surface area contributed by atoms with Gasteiger partial charge in [0.2, 0.25) is 0 Å². The zero-order valence-corrected chi connectivity index (χ0v) is 15.9. The Morgan fingerprint density at radius 2 is 0.680 bits per heavy atom. The van der Waals surface area contributed by atoms with E-state index in [1.165, 1.54) is 41.9 Å². The molecular formula is C8H21B4NaO12. The van der Waals surface area contributed by atoms with E-state index in [0.717, 1.165) is 0 Å². The van der Waals surface area contributed by atoms with Crippen LogP contribution in [0.25, 0.3) is 0 Å². The number of benzene rings is 1. The molecule has 0 spiro atoms. The van der Waals surface area contributed by atoms with Gasteiger partial charge in [0.15, 0.2) is 0 Å². The summed E-state index contributed by atoms with van der Waals surface area (Å²) in [7, 11) is -8.67. The van der Waals surface area contributed by atoms with Gasteiger partial charge in [-0.25, -0.2) is 0 Å². The minimum atomic E-state index is -2.17. The predicted molar refractivity (Wildman–Crippen MR) is 90.9 cm³/mol. The second-order valence-corrected chi connectivity index (χ2v) is 5.21. The van der Waals surface area contributed by atoms with E-state index >= 15 is 0 Å². The summed E-state index contributed by atoms with van der Waals surface area (Å²) in [5.41, 5.74) is 2.78. The maximum atomic E-state index is 7.17. The van der Waals surface area contributed by atoms with Crippen molar-refractivity contribution in [3.8, 4) is 0 Å². The monoisotopic (exact) mass is 376 g/mol. The Hall–Kier alpha value is -0.000260. The largest absolute Gasteiger partial charge is 0.631 e. The maximum Gasteiger partial charge on any atom is 0.631 e. The van der Waals surface area contributed by atoms with Crippen molar-refractivity contribution in [3.05, 3.63) is 29.3 Å². The summed E-state index contributed by atoms with van der Waals surface area (Å²) in [5, 5.41) is 86.0. The average Bonchev–Trinajstić information content (AvgIpc) is 2.22. The van der Waals surface area contributed by atoms with Crippen molar-refractivity contribution in [1.82, 2.24) is 0 Å². The SMILES string of the molecule is Cc1cc(C)c[c]([Na])c1.OB(O)O.OB(O)O.OB(O)O.OB(O)O. The molecule has 0 saturated carbocycles. The summed E-state index contributed by atoms with van der Waals surface area (Å²) in [5.74, 6) is 0. The van der Waals surface area contributed by atoms with Crippen LogP contribution >= 0.6 is 0 Å². The number of hydrogen-bond donors (Lipinski definition) is 12. The van der Waals surface area contributed by atoms with E-state index in [1.54, 1.807) is 0 Å². The van der Waals surface area contributed by atoms with Crippen LogP contribution in [0.2, 0.25) is 0 Å². The molecular weight excluding hydrogens is 354 g/mol. The first-order valence-corrected chi connectivity index (χ1v) is 7.33. The summed E-state index contributed by atoms with van der Waals surface area (Å²) < 4.78 is 1.49. The van der Waals surface area contributed by atoms with Crippen LogP contribution in [0.3, 0.4) is 0 Å². The molecule has 0 atom stereocenters. The number of rotatable bonds is 0. The Kier molecular flexibility index (Phi) is 28.8. The summed E-state index contributed by atoms with van der Waals surface area (Å²) in [6.45, 7) is 4.29. The number of hydrogen-bond acceptors (Lipinski definition) is 12. The third kappa shape index (κ3) is 80.7. The van der Waals surface area contributed by atoms with Gasteiger partial charge in [0.05, 0.1) is 0 Å². The molecule has 1 aromatic carbocycles. The summed E-state index contributed by atoms with van der Waals surface area (Å²) in [6, 6.07) is 6.71. The fourth-order valence-corrected chi connectivity index (χ4v) is 2.11. The third-order valence-corrected chi connectivity index (χ3v) is 1.94. The molecule has 0 bridgehead atoms. The van der Waals surface area contributed by atoms with Gasteiger partial charge in [0, 0.05) is 0 Å². The van der Waals surface area contributed by atoms with Crippen LogP contribution in [0, 0.1) is 13.8 Å². The zero-order valence-electron chi connectivity index (χ0n) is 13.9. The Bertz CT molecular complexity index is 312. The van der Waals surface area contributed by atoms with Crippen LogP contribution in [-0.2, 0) is 0 Å². The molecule has 0 heterocycles. The Balaban J connectivity index is -0.000000119. The van der Waals surface area contributed by atoms with E-state index < -0.39 is 29.3 Å². The van der Waals surface area contributed by atoms with E-state index in [4.69, 9.17) is 60.3 Å². The molecule has 0 radical (unpaired) electrons. The first-order chi connectivity index (χ1) is 11.1. The van der Waals surface area contributed by atoms with Crippen LogP contribution in [0.15, 0.2) is 18.2 Å². The molecule has 0 aromatic heterocycles. The molecule has 17 heteroatoms. The predicted octanol–water partition coefficient (Wildman–Crippen LogP) is -7.11. The molecule has 0 unspecified atom stereocenters. The minimum absolute atomic E-state index is 1.17. The fraction of sp³-hybridized carbons (Fsp3) is 0.250. The quantitative estimate of drug-likeness (QED) is 0.189. The Morgan fingerprint density at radius 3 is 0.800 bits per heavy atom. The third-order valence-electron chi connectivity index (χ3n) is 1.37. The van der Waals surface area contributed by atoms with Crippen molar-refractivity contribution in [2.75, 3.05) is 0 Å². The summed E-state index contributed by atoms with van der Waals surface area (Å²) in [4.78, 5) is 0. The minimum Gasteiger partial charge on any atom is -0.402 e. The maximum absolute atomic E-state index is 7.17. The first kappa shape index (κ1) is 32.7. The van der Waals surface area contributed by atoms with Gasteiger partial charge < -0.3 is 60.3 Å². The van der Waals surface area contributed by atoms with Gasteiger partial charge in [-0.1, -0.05) is 0 Å². The first-order valence-electron chi connectivity index (χ1n) is 6.33. The molecule has 138 valence electrons. The second-order valence-electron chi connectivity index (χ2n) is 4.05. The van der Waals surface area contributed by atoms with Crippen LogP contribution in [0.4, 0.5) is 0 Å². The fourth-order valence-electron chi connectivity index (χ4n) is 1.20. The van der Waals surface area contributed by atoms with Crippen LogP contribution in [0.1, 0.15) is 11.1 Å². The molecule has 12 N–H and O–H groups in total. The normalized spacial score (nSPS) is 7.84. The zero-order chi connectivity index (χ0) is 21.2. The molecule has 0 amide bonds. The van der Waals surface area contributed by atoms with Crippen LogP contribution in [-0.4, -0.2) is 118 Å². The van der Waals surface area contributed by atoms with Crippen LogP contribution < -0.4 is 2.81 Å². The average molecular weight is 375 g/mol. The van der Waals surface area contributed by atoms with Gasteiger partial charge in [0.25, 0.3) is 0 Å². The Morgan fingerprint density at radius 1 is 0.520 bits per heavy atom. The summed E-state index contributed by atoms with van der Waals surface area (Å²) >= 11 is 1.17. The molecule has 0 aliphatic carbocycles. The molecule has 0 aliphatic heterocycles. The van der Waals surface area contributed by atoms with Crippen molar-refractivity contribution >= 4 is 60.0 Å². The topological polar surface area (TPSA) is 243 Å². The van der Waals surface area contributed by atoms with Gasteiger partial charge in [-0.05, 0) is 0 Å². The standard InChI is InChI=1S/C8H9.4BH3O3.Na/c1-7-4-3-5-8(2)6-7;4*2-1(3)4;/h4-6H,1-2H3;4*2-4H;. The molecule has 0 aliphatic rings. The van der Waals surface area contributed by atoms with E-state index in [-0.39, 0.29) is 0 Å². The summed E-state index contributed by atoms with van der Waals surface area (Å²) in [6.07, 6.45) is 0. The van der Waals surface area contributed by atoms with Crippen molar-refractivity contribution in [1.29, 1.82) is 0 Å². The van der Waals surface area contributed by atoms with E-state index in [2.05, 4.69) is 32.0 Å². The van der Waals surface area contributed by atoms with Crippen molar-refractivity contribution in [2.24, 2.45) is 0 Å². The smallest absolute Gasteiger partial charge is 0.402 e. The van der Waals surface area contributed by atoms with Gasteiger partial charge in [-0.3, -0.25) is 0 Å². The number of aryl methyl sites for hydroxylation is 2. The molecule has 1 aromatic rings. The Labute approximate surface area is 163 Å². The van der Waals surface area contributed by atoms with E-state index in [9.17, 15) is 0 Å². The molecule has 1 rings (SSSR count). The second kappa shape index (κ2) is 22.0. The van der Waals surface area contributed by atoms with Gasteiger partial charge in [-0.15, -0.1) is 0 Å². The molecule has 0 fully saturated rings. The van der Waals surface area contributed by atoms with Crippen molar-refractivity contribution in [2.45, 2.75) is 13.8 Å². The molecule has 25 heavy (non-hydrogen) atoms. The van der Waals surface area contributed by atoms with E-state index in [1.807, 2.05) is 0 Å². The van der Waals surface area contributed by atoms with E-state index in [0.29, 0.717) is 0 Å². The van der Waals surface area contributed by atoms with Crippen LogP contribution in [0.5, 0.6) is 0 Å². The van der Waals surface area contributed by atoms with Gasteiger partial charge >= 0.3 is 103 Å².